The zero-order valence-corrected chi connectivity index (χ0v) is 26.1. The fourth-order valence-electron chi connectivity index (χ4n) is 4.05. The highest BCUT2D eigenvalue weighted by Gasteiger charge is 2.95. The summed E-state index contributed by atoms with van der Waals surface area (Å²) >= 11 is 0. The number of carbonyl (C=O) groups excluding carboxylic acids is 2. The summed E-state index contributed by atoms with van der Waals surface area (Å²) in [6, 6.07) is 0. The molecule has 4 nitrogen and oxygen atoms in total. The fourth-order valence-corrected chi connectivity index (χ4v) is 4.05. The molecule has 1 aliphatic carbocycles. The number of carbonyl (C=O) groups is 2. The van der Waals surface area contributed by atoms with E-state index >= 15 is 0 Å². The molecule has 0 radical (unpaired) electrons. The van der Waals surface area contributed by atoms with E-state index in [1.165, 1.54) is 0 Å². The summed E-state index contributed by atoms with van der Waals surface area (Å²) in [4.78, 5) is 24.4. The van der Waals surface area contributed by atoms with E-state index in [4.69, 9.17) is 0 Å². The van der Waals surface area contributed by atoms with Crippen LogP contribution in [0.4, 0.5) is 132 Å². The predicted molar refractivity (Wildman–Crippen MR) is 119 cm³/mol. The van der Waals surface area contributed by atoms with Gasteiger partial charge >= 0.3 is 95.4 Å². The van der Waals surface area contributed by atoms with Crippen molar-refractivity contribution < 1.29 is 151 Å². The van der Waals surface area contributed by atoms with Crippen LogP contribution in [0.1, 0.15) is 12.8 Å². The third-order valence-electron chi connectivity index (χ3n) is 7.57. The van der Waals surface area contributed by atoms with Gasteiger partial charge in [-0.3, -0.25) is 9.59 Å². The molecule has 0 bridgehead atoms. The Kier molecular flexibility index (Phi) is 13.3. The van der Waals surface area contributed by atoms with Crippen molar-refractivity contribution in [2.24, 2.45) is 11.8 Å². The largest absolute Gasteiger partial charge is 0.460 e. The summed E-state index contributed by atoms with van der Waals surface area (Å²) in [5, 5.41) is 0. The number of ether oxygens (including phenoxy) is 2. The first kappa shape index (κ1) is 52.6. The molecule has 1 aliphatic rings. The van der Waals surface area contributed by atoms with Crippen LogP contribution < -0.4 is 0 Å². The predicted octanol–water partition coefficient (Wildman–Crippen LogP) is 10.4. The Balaban J connectivity index is 3.36. The first-order valence-electron chi connectivity index (χ1n) is 13.7. The van der Waals surface area contributed by atoms with E-state index in [0.29, 0.717) is 6.08 Å². The van der Waals surface area contributed by atoms with Gasteiger partial charge in [-0.2, -0.15) is 132 Å². The molecule has 0 aromatic carbocycles. The van der Waals surface area contributed by atoms with Gasteiger partial charge in [0, 0.05) is 0 Å². The van der Waals surface area contributed by atoms with Crippen molar-refractivity contribution in [3.63, 3.8) is 0 Å². The third-order valence-corrected chi connectivity index (χ3v) is 7.57. The summed E-state index contributed by atoms with van der Waals surface area (Å²) in [7, 11) is 0. The minimum Gasteiger partial charge on any atom is -0.459 e. The molecule has 2 atom stereocenters. The van der Waals surface area contributed by atoms with Gasteiger partial charge in [-0.1, -0.05) is 12.2 Å². The highest BCUT2D eigenvalue weighted by atomic mass is 19.4. The second-order valence-corrected chi connectivity index (χ2v) is 11.5. The molecular weight excluding hydrogens is 922 g/mol. The first-order chi connectivity index (χ1) is 25.0. The van der Waals surface area contributed by atoms with E-state index in [-0.39, 0.29) is 6.08 Å². The van der Waals surface area contributed by atoms with Gasteiger partial charge in [-0.05, 0) is 12.8 Å². The number of halogens is 30. The van der Waals surface area contributed by atoms with E-state index in [1.54, 1.807) is 0 Å². The molecule has 2 unspecified atom stereocenters. The molecule has 0 amide bonds. The topological polar surface area (TPSA) is 52.6 Å². The Morgan fingerprint density at radius 2 is 0.655 bits per heavy atom. The average Bonchev–Trinajstić information content (AvgIpc) is 3.04. The lowest BCUT2D eigenvalue weighted by Gasteiger charge is -2.41. The van der Waals surface area contributed by atoms with Crippen molar-refractivity contribution in [2.45, 2.75) is 96.3 Å². The van der Waals surface area contributed by atoms with Crippen LogP contribution in [0, 0.1) is 11.8 Å². The first-order valence-corrected chi connectivity index (χ1v) is 13.7. The van der Waals surface area contributed by atoms with E-state index in [1.807, 2.05) is 0 Å². The minimum atomic E-state index is -8.79. The number of allylic oxidation sites excluding steroid dienone is 1. The molecule has 0 aromatic rings. The molecule has 34 heteroatoms. The zero-order chi connectivity index (χ0) is 47.0. The van der Waals surface area contributed by atoms with E-state index in [2.05, 4.69) is 9.47 Å². The summed E-state index contributed by atoms with van der Waals surface area (Å²) in [6.07, 6.45) is -17.2. The van der Waals surface area contributed by atoms with Crippen molar-refractivity contribution in [1.29, 1.82) is 0 Å². The number of esters is 2. The Bertz CT molecular complexity index is 1540. The lowest BCUT2D eigenvalue weighted by atomic mass is 9.84. The SMILES string of the molecule is O=C(OCC(F)(F)C(F)(F)C(F)(F)C(F)(F)C(F)(F)C(F)(F)C(F)(F)F)C1C=CCCC1C(=O)OCC(F)(F)C(F)(F)C(F)(F)C(F)(F)C(F)(F)C(F)(F)C(F)(F)F. The summed E-state index contributed by atoms with van der Waals surface area (Å²) in [6.45, 7) is -7.68. The standard InChI is InChI=1S/C24H12F30O4/c25-11(26,13(29,30)15(33,34)17(37,38)19(41,42)21(45,46)23(49,50)51)5-57-9(55)7-3-1-2-4-8(7)10(56)58-6-12(27,28)14(31,32)16(35,36)18(39,40)20(43,44)22(47,48)24(52,53)54/h1,3,7-8H,2,4-6H2. The van der Waals surface area contributed by atoms with Gasteiger partial charge in [0.15, 0.2) is 13.2 Å². The molecule has 0 heterocycles. The number of alkyl halides is 30. The average molecular weight is 934 g/mol. The van der Waals surface area contributed by atoms with Crippen molar-refractivity contribution in [3.8, 4) is 0 Å². The van der Waals surface area contributed by atoms with Gasteiger partial charge in [0.1, 0.15) is 0 Å². The molecule has 342 valence electrons. The third kappa shape index (κ3) is 7.61. The Morgan fingerprint density at radius 3 is 0.948 bits per heavy atom. The Morgan fingerprint density at radius 1 is 0.397 bits per heavy atom. The van der Waals surface area contributed by atoms with Crippen molar-refractivity contribution in [2.75, 3.05) is 13.2 Å². The van der Waals surface area contributed by atoms with Gasteiger partial charge in [-0.25, -0.2) is 0 Å². The molecular formula is C24H12F30O4. The summed E-state index contributed by atoms with van der Waals surface area (Å²) in [5.74, 6) is -111. The quantitative estimate of drug-likeness (QED) is 0.0879. The molecule has 0 saturated heterocycles. The normalized spacial score (nSPS) is 19.6. The zero-order valence-electron chi connectivity index (χ0n) is 26.1. The molecule has 58 heavy (non-hydrogen) atoms. The molecule has 0 N–H and O–H groups in total. The van der Waals surface area contributed by atoms with Gasteiger partial charge in [0.25, 0.3) is 0 Å². The van der Waals surface area contributed by atoms with Gasteiger partial charge in [0.2, 0.25) is 0 Å². The lowest BCUT2D eigenvalue weighted by Crippen LogP contribution is -2.73. The summed E-state index contributed by atoms with van der Waals surface area (Å²) in [5.41, 5.74) is 0. The number of hydrogen-bond donors (Lipinski definition) is 0. The lowest BCUT2D eigenvalue weighted by molar-refractivity contribution is -0.453. The van der Waals surface area contributed by atoms with Crippen LogP contribution in [0.5, 0.6) is 0 Å². The smallest absolute Gasteiger partial charge is 0.459 e. The number of hydrogen-bond acceptors (Lipinski definition) is 4. The van der Waals surface area contributed by atoms with Crippen LogP contribution in [-0.2, 0) is 19.1 Å². The minimum absolute atomic E-state index is 0.0981. The summed E-state index contributed by atoms with van der Waals surface area (Å²) < 4.78 is 406. The maximum absolute atomic E-state index is 14.1. The van der Waals surface area contributed by atoms with Crippen molar-refractivity contribution >= 4 is 11.9 Å². The second kappa shape index (κ2) is 14.6. The number of rotatable bonds is 16. The maximum Gasteiger partial charge on any atom is 0.460 e. The van der Waals surface area contributed by atoms with E-state index in [9.17, 15) is 141 Å². The van der Waals surface area contributed by atoms with Crippen LogP contribution in [0.2, 0.25) is 0 Å². The second-order valence-electron chi connectivity index (χ2n) is 11.5. The van der Waals surface area contributed by atoms with Crippen LogP contribution in [0.15, 0.2) is 12.2 Å². The van der Waals surface area contributed by atoms with Gasteiger partial charge in [0.05, 0.1) is 11.8 Å². The molecule has 0 aliphatic heterocycles. The molecule has 0 saturated carbocycles. The van der Waals surface area contributed by atoms with Crippen LogP contribution in [0.3, 0.4) is 0 Å². The van der Waals surface area contributed by atoms with Crippen LogP contribution in [-0.4, -0.2) is 109 Å². The van der Waals surface area contributed by atoms with Crippen LogP contribution in [0.25, 0.3) is 0 Å². The van der Waals surface area contributed by atoms with Gasteiger partial charge < -0.3 is 9.47 Å². The fraction of sp³-hybridized carbons (Fsp3) is 0.833. The maximum atomic E-state index is 14.1. The van der Waals surface area contributed by atoms with E-state index in [0.717, 1.165) is 0 Å². The molecule has 1 rings (SSSR count). The van der Waals surface area contributed by atoms with Gasteiger partial charge in [-0.15, -0.1) is 0 Å². The Hall–Kier alpha value is -3.42. The van der Waals surface area contributed by atoms with Crippen molar-refractivity contribution in [3.05, 3.63) is 12.2 Å². The van der Waals surface area contributed by atoms with Crippen LogP contribution >= 0.6 is 0 Å². The highest BCUT2D eigenvalue weighted by molar-refractivity contribution is 5.84. The van der Waals surface area contributed by atoms with E-state index < -0.39 is 133 Å². The monoisotopic (exact) mass is 934 g/mol. The molecule has 0 fully saturated rings. The Labute approximate surface area is 297 Å². The molecule has 0 spiro atoms. The molecule has 0 aromatic heterocycles. The van der Waals surface area contributed by atoms with Crippen molar-refractivity contribution in [1.82, 2.24) is 0 Å². The highest BCUT2D eigenvalue weighted by Crippen LogP contribution is 2.64.